The Kier molecular flexibility index (Phi) is 3.99. The van der Waals surface area contributed by atoms with Crippen molar-refractivity contribution in [1.82, 2.24) is 24.1 Å². The van der Waals surface area contributed by atoms with Crippen LogP contribution in [0.15, 0.2) is 65.8 Å². The summed E-state index contributed by atoms with van der Waals surface area (Å²) in [5.74, 6) is 0.787. The van der Waals surface area contributed by atoms with Crippen molar-refractivity contribution in [1.29, 1.82) is 0 Å². The molecule has 1 fully saturated rings. The maximum Gasteiger partial charge on any atom is 0.243 e. The molecule has 9 heteroatoms. The van der Waals surface area contributed by atoms with E-state index in [-0.39, 0.29) is 0 Å². The van der Waals surface area contributed by atoms with Crippen LogP contribution >= 0.6 is 0 Å². The van der Waals surface area contributed by atoms with Crippen LogP contribution in [0.25, 0.3) is 16.4 Å². The van der Waals surface area contributed by atoms with Crippen LogP contribution in [0, 0.1) is 0 Å². The molecule has 28 heavy (non-hydrogen) atoms. The van der Waals surface area contributed by atoms with Gasteiger partial charge in [0.1, 0.15) is 12.1 Å². The predicted molar refractivity (Wildman–Crippen MR) is 106 cm³/mol. The topological polar surface area (TPSA) is 83.7 Å². The normalized spacial score (nSPS) is 16.1. The van der Waals surface area contributed by atoms with Crippen molar-refractivity contribution in [3.05, 3.63) is 60.9 Å². The fourth-order valence-corrected chi connectivity index (χ4v) is 4.98. The molecule has 1 aliphatic rings. The first-order valence-electron chi connectivity index (χ1n) is 9.02. The van der Waals surface area contributed by atoms with E-state index < -0.39 is 10.0 Å². The second-order valence-electron chi connectivity index (χ2n) is 6.73. The Morgan fingerprint density at radius 2 is 1.64 bits per heavy atom. The zero-order valence-corrected chi connectivity index (χ0v) is 15.8. The second kappa shape index (κ2) is 6.54. The van der Waals surface area contributed by atoms with Crippen LogP contribution in [0.2, 0.25) is 0 Å². The Labute approximate surface area is 162 Å². The molecule has 142 valence electrons. The maximum absolute atomic E-state index is 13.1. The third kappa shape index (κ3) is 2.88. The van der Waals surface area contributed by atoms with Gasteiger partial charge in [-0.3, -0.25) is 0 Å². The molecule has 0 N–H and O–H groups in total. The summed E-state index contributed by atoms with van der Waals surface area (Å²) in [5, 5.41) is 14.2. The molecule has 0 bridgehead atoms. The van der Waals surface area contributed by atoms with Gasteiger partial charge in [-0.2, -0.15) is 8.82 Å². The van der Waals surface area contributed by atoms with Crippen LogP contribution in [0.4, 0.5) is 5.82 Å². The van der Waals surface area contributed by atoms with E-state index in [1.165, 1.54) is 0 Å². The summed E-state index contributed by atoms with van der Waals surface area (Å²) in [4.78, 5) is 2.41. The first-order chi connectivity index (χ1) is 13.6. The van der Waals surface area contributed by atoms with Gasteiger partial charge < -0.3 is 4.90 Å². The second-order valence-corrected chi connectivity index (χ2v) is 8.66. The molecule has 0 spiro atoms. The Balaban J connectivity index is 1.36. The molecule has 0 radical (unpaired) electrons. The fraction of sp³-hybridized carbons (Fsp3) is 0.211. The van der Waals surface area contributed by atoms with Crippen LogP contribution in [0.5, 0.6) is 0 Å². The van der Waals surface area contributed by atoms with Gasteiger partial charge >= 0.3 is 0 Å². The molecule has 0 saturated carbocycles. The highest BCUT2D eigenvalue weighted by Gasteiger charge is 2.29. The summed E-state index contributed by atoms with van der Waals surface area (Å²) in [6, 6.07) is 16.8. The largest absolute Gasteiger partial charge is 0.353 e. The SMILES string of the molecule is O=S(=O)(c1ccc2ccccc2c1)N1CCN(c2ccc3nncn3n2)CC1. The number of aromatic nitrogens is 4. The van der Waals surface area contributed by atoms with E-state index in [1.54, 1.807) is 27.3 Å². The third-order valence-corrected chi connectivity index (χ3v) is 6.96. The molecule has 1 saturated heterocycles. The van der Waals surface area contributed by atoms with Crippen molar-refractivity contribution in [3.63, 3.8) is 0 Å². The highest BCUT2D eigenvalue weighted by Crippen LogP contribution is 2.23. The van der Waals surface area contributed by atoms with Crippen LogP contribution in [-0.2, 0) is 10.0 Å². The number of piperazine rings is 1. The van der Waals surface area contributed by atoms with Gasteiger partial charge in [0.15, 0.2) is 5.65 Å². The summed E-state index contributed by atoms with van der Waals surface area (Å²) in [6.45, 7) is 1.98. The molecule has 3 heterocycles. The predicted octanol–water partition coefficient (Wildman–Crippen LogP) is 1.79. The number of rotatable bonds is 3. The van der Waals surface area contributed by atoms with Crippen molar-refractivity contribution in [2.24, 2.45) is 0 Å². The summed E-state index contributed by atoms with van der Waals surface area (Å²) in [7, 11) is -3.52. The fourth-order valence-electron chi connectivity index (χ4n) is 3.52. The van der Waals surface area contributed by atoms with Gasteiger partial charge in [0.25, 0.3) is 0 Å². The van der Waals surface area contributed by atoms with E-state index in [1.807, 2.05) is 42.5 Å². The van der Waals surface area contributed by atoms with Crippen LogP contribution in [0.3, 0.4) is 0 Å². The first kappa shape index (κ1) is 17.1. The lowest BCUT2D eigenvalue weighted by Crippen LogP contribution is -2.49. The van der Waals surface area contributed by atoms with Gasteiger partial charge in [-0.05, 0) is 35.0 Å². The number of fused-ring (bicyclic) bond motifs is 2. The lowest BCUT2D eigenvalue weighted by molar-refractivity contribution is 0.383. The molecular formula is C19H18N6O2S. The van der Waals surface area contributed by atoms with E-state index in [9.17, 15) is 8.42 Å². The maximum atomic E-state index is 13.1. The molecule has 2 aromatic heterocycles. The lowest BCUT2D eigenvalue weighted by atomic mass is 10.1. The molecule has 0 atom stereocenters. The smallest absolute Gasteiger partial charge is 0.243 e. The third-order valence-electron chi connectivity index (χ3n) is 5.07. The number of nitrogens with zero attached hydrogens (tertiary/aromatic N) is 6. The molecule has 5 rings (SSSR count). The van der Waals surface area contributed by atoms with Gasteiger partial charge in [-0.1, -0.05) is 30.3 Å². The minimum Gasteiger partial charge on any atom is -0.353 e. The van der Waals surface area contributed by atoms with Gasteiger partial charge in [0.2, 0.25) is 10.0 Å². The summed E-state index contributed by atoms with van der Waals surface area (Å²) < 4.78 is 29.3. The Hall–Kier alpha value is -3.04. The van der Waals surface area contributed by atoms with E-state index in [0.29, 0.717) is 36.7 Å². The standard InChI is InChI=1S/C19H18N6O2S/c26-28(27,17-6-5-15-3-1-2-4-16(15)13-17)24-11-9-23(10-12-24)19-8-7-18-21-20-14-25(18)22-19/h1-8,13-14H,9-12H2. The number of sulfonamides is 1. The minimum atomic E-state index is -3.52. The molecule has 0 unspecified atom stereocenters. The highest BCUT2D eigenvalue weighted by atomic mass is 32.2. The highest BCUT2D eigenvalue weighted by molar-refractivity contribution is 7.89. The molecule has 0 aliphatic carbocycles. The Morgan fingerprint density at radius 3 is 2.46 bits per heavy atom. The van der Waals surface area contributed by atoms with Gasteiger partial charge in [0, 0.05) is 26.2 Å². The van der Waals surface area contributed by atoms with E-state index in [2.05, 4.69) is 20.2 Å². The monoisotopic (exact) mass is 394 g/mol. The van der Waals surface area contributed by atoms with E-state index in [4.69, 9.17) is 0 Å². The quantitative estimate of drug-likeness (QED) is 0.527. The van der Waals surface area contributed by atoms with Crippen LogP contribution < -0.4 is 4.90 Å². The molecular weight excluding hydrogens is 376 g/mol. The average Bonchev–Trinajstić information content (AvgIpc) is 3.21. The van der Waals surface area contributed by atoms with Crippen LogP contribution in [0.1, 0.15) is 0 Å². The molecule has 8 nitrogen and oxygen atoms in total. The molecule has 2 aromatic carbocycles. The number of hydrogen-bond acceptors (Lipinski definition) is 6. The number of benzene rings is 2. The van der Waals surface area contributed by atoms with Gasteiger partial charge in [-0.15, -0.1) is 15.3 Å². The Bertz CT molecular complexity index is 1260. The van der Waals surface area contributed by atoms with E-state index in [0.717, 1.165) is 16.6 Å². The van der Waals surface area contributed by atoms with Crippen molar-refractivity contribution in [2.45, 2.75) is 4.90 Å². The summed E-state index contributed by atoms with van der Waals surface area (Å²) in [5.41, 5.74) is 0.682. The van der Waals surface area contributed by atoms with Crippen molar-refractivity contribution in [3.8, 4) is 0 Å². The molecule has 1 aliphatic heterocycles. The van der Waals surface area contributed by atoms with Crippen molar-refractivity contribution >= 4 is 32.3 Å². The molecule has 4 aromatic rings. The van der Waals surface area contributed by atoms with Gasteiger partial charge in [-0.25, -0.2) is 8.42 Å². The number of anilines is 1. The van der Waals surface area contributed by atoms with Crippen LogP contribution in [-0.4, -0.2) is 58.7 Å². The van der Waals surface area contributed by atoms with Crippen molar-refractivity contribution in [2.75, 3.05) is 31.1 Å². The summed E-state index contributed by atoms with van der Waals surface area (Å²) in [6.07, 6.45) is 1.55. The zero-order chi connectivity index (χ0) is 19.1. The lowest BCUT2D eigenvalue weighted by Gasteiger charge is -2.34. The van der Waals surface area contributed by atoms with Gasteiger partial charge in [0.05, 0.1) is 4.90 Å². The number of hydrogen-bond donors (Lipinski definition) is 0. The average molecular weight is 394 g/mol. The molecule has 0 amide bonds. The van der Waals surface area contributed by atoms with Crippen molar-refractivity contribution < 1.29 is 8.42 Å². The first-order valence-corrected chi connectivity index (χ1v) is 10.5. The zero-order valence-electron chi connectivity index (χ0n) is 15.0. The minimum absolute atomic E-state index is 0.337. The summed E-state index contributed by atoms with van der Waals surface area (Å²) >= 11 is 0. The Morgan fingerprint density at radius 1 is 0.857 bits per heavy atom. The van der Waals surface area contributed by atoms with E-state index >= 15 is 0 Å².